The summed E-state index contributed by atoms with van der Waals surface area (Å²) in [5.74, 6) is -4.88. The van der Waals surface area contributed by atoms with Gasteiger partial charge in [-0.3, -0.25) is 4.79 Å². The SMILES string of the molecule is O=C(O)CC1(c2cc(F)c(F)c(Cl)c2F)CC1. The third-order valence-corrected chi connectivity index (χ3v) is 3.35. The lowest BCUT2D eigenvalue weighted by Crippen LogP contribution is -2.16. The summed E-state index contributed by atoms with van der Waals surface area (Å²) in [6, 6.07) is 0.701. The van der Waals surface area contributed by atoms with Crippen molar-refractivity contribution in [1.82, 2.24) is 0 Å². The zero-order valence-corrected chi connectivity index (χ0v) is 9.32. The normalized spacial score (nSPS) is 16.9. The Hall–Kier alpha value is -1.23. The molecule has 0 radical (unpaired) electrons. The van der Waals surface area contributed by atoms with Crippen LogP contribution in [0.2, 0.25) is 5.02 Å². The number of carbonyl (C=O) groups is 1. The van der Waals surface area contributed by atoms with Gasteiger partial charge in [-0.25, -0.2) is 13.2 Å². The van der Waals surface area contributed by atoms with Gasteiger partial charge in [0.2, 0.25) is 0 Å². The summed E-state index contributed by atoms with van der Waals surface area (Å²) >= 11 is 5.32. The fraction of sp³-hybridized carbons (Fsp3) is 0.364. The number of aliphatic carboxylic acids is 1. The Labute approximate surface area is 100 Å². The van der Waals surface area contributed by atoms with E-state index in [1.54, 1.807) is 0 Å². The molecule has 6 heteroatoms. The van der Waals surface area contributed by atoms with Crippen LogP contribution in [0, 0.1) is 17.5 Å². The van der Waals surface area contributed by atoms with Crippen molar-refractivity contribution in [3.8, 4) is 0 Å². The maximum absolute atomic E-state index is 13.7. The van der Waals surface area contributed by atoms with Gasteiger partial charge in [0.25, 0.3) is 0 Å². The molecule has 1 N–H and O–H groups in total. The van der Waals surface area contributed by atoms with Gasteiger partial charge in [-0.15, -0.1) is 0 Å². The minimum Gasteiger partial charge on any atom is -0.481 e. The predicted octanol–water partition coefficient (Wildman–Crippen LogP) is 3.26. The number of carboxylic acid groups (broad SMARTS) is 1. The summed E-state index contributed by atoms with van der Waals surface area (Å²) in [6.07, 6.45) is 0.542. The highest BCUT2D eigenvalue weighted by atomic mass is 35.5. The van der Waals surface area contributed by atoms with Gasteiger partial charge in [0, 0.05) is 5.41 Å². The molecule has 1 aromatic rings. The summed E-state index contributed by atoms with van der Waals surface area (Å²) in [4.78, 5) is 10.7. The first-order valence-corrected chi connectivity index (χ1v) is 5.30. The summed E-state index contributed by atoms with van der Waals surface area (Å²) in [5.41, 5.74) is -1.09. The molecule has 92 valence electrons. The van der Waals surface area contributed by atoms with Crippen LogP contribution >= 0.6 is 11.6 Å². The highest BCUT2D eigenvalue weighted by Gasteiger charge is 2.48. The van der Waals surface area contributed by atoms with Crippen LogP contribution in [0.25, 0.3) is 0 Å². The molecular formula is C11H8ClF3O2. The van der Waals surface area contributed by atoms with E-state index in [-0.39, 0.29) is 12.0 Å². The van der Waals surface area contributed by atoms with E-state index in [4.69, 9.17) is 16.7 Å². The molecule has 0 aromatic heterocycles. The molecule has 1 fully saturated rings. The van der Waals surface area contributed by atoms with Gasteiger partial charge in [0.15, 0.2) is 11.6 Å². The van der Waals surface area contributed by atoms with E-state index in [2.05, 4.69) is 0 Å². The minimum atomic E-state index is -1.45. The van der Waals surface area contributed by atoms with Gasteiger partial charge in [0.1, 0.15) is 10.8 Å². The van der Waals surface area contributed by atoms with E-state index in [1.807, 2.05) is 0 Å². The molecule has 0 aliphatic heterocycles. The van der Waals surface area contributed by atoms with E-state index in [1.165, 1.54) is 0 Å². The number of carboxylic acids is 1. The van der Waals surface area contributed by atoms with Crippen molar-refractivity contribution in [2.45, 2.75) is 24.7 Å². The molecule has 0 amide bonds. The van der Waals surface area contributed by atoms with Crippen LogP contribution in [0.1, 0.15) is 24.8 Å². The van der Waals surface area contributed by atoms with Gasteiger partial charge in [0.05, 0.1) is 6.42 Å². The van der Waals surface area contributed by atoms with Crippen LogP contribution in [0.5, 0.6) is 0 Å². The number of halogens is 4. The van der Waals surface area contributed by atoms with Crippen LogP contribution in [0.3, 0.4) is 0 Å². The molecule has 0 unspecified atom stereocenters. The first-order valence-electron chi connectivity index (χ1n) is 4.93. The average Bonchev–Trinajstić information content (AvgIpc) is 3.00. The Morgan fingerprint density at radius 1 is 1.35 bits per heavy atom. The van der Waals surface area contributed by atoms with Crippen molar-refractivity contribution >= 4 is 17.6 Å². The second-order valence-electron chi connectivity index (χ2n) is 4.20. The molecule has 17 heavy (non-hydrogen) atoms. The number of hydrogen-bond acceptors (Lipinski definition) is 1. The van der Waals surface area contributed by atoms with Crippen molar-refractivity contribution in [1.29, 1.82) is 0 Å². The van der Waals surface area contributed by atoms with Crippen molar-refractivity contribution in [3.63, 3.8) is 0 Å². The fourth-order valence-corrected chi connectivity index (χ4v) is 2.13. The van der Waals surface area contributed by atoms with Gasteiger partial charge in [-0.05, 0) is 24.5 Å². The Kier molecular flexibility index (Phi) is 2.81. The standard InChI is InChI=1S/C11H8ClF3O2/c12-8-9(14)5(3-6(13)10(8)15)11(1-2-11)4-7(16)17/h3H,1-2,4H2,(H,16,17). The number of hydrogen-bond donors (Lipinski definition) is 1. The third-order valence-electron chi connectivity index (χ3n) is 3.02. The second-order valence-corrected chi connectivity index (χ2v) is 4.58. The zero-order valence-electron chi connectivity index (χ0n) is 8.57. The smallest absolute Gasteiger partial charge is 0.304 e. The fourth-order valence-electron chi connectivity index (χ4n) is 1.94. The van der Waals surface area contributed by atoms with Gasteiger partial charge >= 0.3 is 5.97 Å². The molecule has 0 bridgehead atoms. The van der Waals surface area contributed by atoms with Crippen LogP contribution in [-0.4, -0.2) is 11.1 Å². The molecule has 0 atom stereocenters. The lowest BCUT2D eigenvalue weighted by Gasteiger charge is -2.15. The lowest BCUT2D eigenvalue weighted by atomic mass is 9.92. The van der Waals surface area contributed by atoms with E-state index in [0.717, 1.165) is 0 Å². The zero-order chi connectivity index (χ0) is 12.8. The molecule has 0 heterocycles. The Morgan fingerprint density at radius 3 is 2.41 bits per heavy atom. The van der Waals surface area contributed by atoms with Crippen molar-refractivity contribution in [2.75, 3.05) is 0 Å². The lowest BCUT2D eigenvalue weighted by molar-refractivity contribution is -0.137. The maximum atomic E-state index is 13.7. The topological polar surface area (TPSA) is 37.3 Å². The van der Waals surface area contributed by atoms with Crippen LogP contribution in [0.15, 0.2) is 6.07 Å². The van der Waals surface area contributed by atoms with Gasteiger partial charge < -0.3 is 5.11 Å². The average molecular weight is 265 g/mol. The molecule has 0 saturated heterocycles. The van der Waals surface area contributed by atoms with Crippen LogP contribution in [0.4, 0.5) is 13.2 Å². The molecule has 2 rings (SSSR count). The first kappa shape index (κ1) is 12.2. The Balaban J connectivity index is 2.50. The largest absolute Gasteiger partial charge is 0.481 e. The minimum absolute atomic E-state index is 0.149. The van der Waals surface area contributed by atoms with Crippen LogP contribution in [-0.2, 0) is 10.2 Å². The first-order chi connectivity index (χ1) is 7.87. The molecule has 1 saturated carbocycles. The molecule has 1 aliphatic carbocycles. The summed E-state index contributed by atoms with van der Waals surface area (Å²) < 4.78 is 39.8. The Morgan fingerprint density at radius 2 is 1.94 bits per heavy atom. The van der Waals surface area contributed by atoms with E-state index in [0.29, 0.717) is 18.9 Å². The van der Waals surface area contributed by atoms with Crippen LogP contribution < -0.4 is 0 Å². The third kappa shape index (κ3) is 1.99. The number of rotatable bonds is 3. The Bertz CT molecular complexity index is 498. The molecule has 2 nitrogen and oxygen atoms in total. The molecular weight excluding hydrogens is 257 g/mol. The van der Waals surface area contributed by atoms with Crippen molar-refractivity contribution < 1.29 is 23.1 Å². The second kappa shape index (κ2) is 3.91. The van der Waals surface area contributed by atoms with Gasteiger partial charge in [-0.1, -0.05) is 11.6 Å². The predicted molar refractivity (Wildman–Crippen MR) is 54.5 cm³/mol. The maximum Gasteiger partial charge on any atom is 0.304 e. The highest BCUT2D eigenvalue weighted by molar-refractivity contribution is 6.31. The molecule has 1 aliphatic rings. The molecule has 0 spiro atoms. The van der Waals surface area contributed by atoms with Gasteiger partial charge in [-0.2, -0.15) is 0 Å². The highest BCUT2D eigenvalue weighted by Crippen LogP contribution is 2.52. The summed E-state index contributed by atoms with van der Waals surface area (Å²) in [6.45, 7) is 0. The monoisotopic (exact) mass is 264 g/mol. The van der Waals surface area contributed by atoms with Crippen molar-refractivity contribution in [3.05, 3.63) is 34.1 Å². The van der Waals surface area contributed by atoms with E-state index in [9.17, 15) is 18.0 Å². The van der Waals surface area contributed by atoms with Crippen molar-refractivity contribution in [2.24, 2.45) is 0 Å². The number of benzene rings is 1. The summed E-state index contributed by atoms with van der Waals surface area (Å²) in [5, 5.41) is 7.79. The summed E-state index contributed by atoms with van der Waals surface area (Å²) in [7, 11) is 0. The molecule has 1 aromatic carbocycles. The van der Waals surface area contributed by atoms with E-state index < -0.39 is 33.9 Å². The van der Waals surface area contributed by atoms with E-state index >= 15 is 0 Å². The quantitative estimate of drug-likeness (QED) is 0.672.